The topological polar surface area (TPSA) is 50.8 Å². The van der Waals surface area contributed by atoms with E-state index in [2.05, 4.69) is 24.1 Å². The first-order valence-corrected chi connectivity index (χ1v) is 9.30. The molecule has 5 nitrogen and oxygen atoms in total. The fraction of sp³-hybridized carbons (Fsp3) is 0.650. The quantitative estimate of drug-likeness (QED) is 0.745. The third-order valence-corrected chi connectivity index (χ3v) is 4.64. The molecule has 1 atom stereocenters. The molecule has 2 rings (SSSR count). The summed E-state index contributed by atoms with van der Waals surface area (Å²) in [6.07, 6.45) is 2.37. The van der Waals surface area contributed by atoms with E-state index >= 15 is 0 Å². The first-order chi connectivity index (χ1) is 12.1. The van der Waals surface area contributed by atoms with Gasteiger partial charge in [-0.3, -0.25) is 9.69 Å². The molecule has 1 fully saturated rings. The van der Waals surface area contributed by atoms with E-state index in [9.17, 15) is 4.79 Å². The number of ether oxygens (including phenoxy) is 2. The van der Waals surface area contributed by atoms with Crippen LogP contribution >= 0.6 is 0 Å². The molecule has 1 heterocycles. The smallest absolute Gasteiger partial charge is 0.220 e. The number of benzene rings is 1. The number of carbonyl (C=O) groups excluding carboxylic acids is 1. The molecule has 1 aliphatic heterocycles. The SMILES string of the molecule is COc1ccc(CCC(=O)NCC(CC(C)C)N2CCOCC2)cc1. The van der Waals surface area contributed by atoms with Gasteiger partial charge in [0, 0.05) is 32.1 Å². The maximum absolute atomic E-state index is 12.2. The number of nitrogens with one attached hydrogen (secondary N) is 1. The summed E-state index contributed by atoms with van der Waals surface area (Å²) in [7, 11) is 1.66. The van der Waals surface area contributed by atoms with Gasteiger partial charge in [0.15, 0.2) is 0 Å². The lowest BCUT2D eigenvalue weighted by Gasteiger charge is -2.35. The molecule has 1 N–H and O–H groups in total. The summed E-state index contributed by atoms with van der Waals surface area (Å²) >= 11 is 0. The van der Waals surface area contributed by atoms with Crippen LogP contribution < -0.4 is 10.1 Å². The predicted molar refractivity (Wildman–Crippen MR) is 100.0 cm³/mol. The van der Waals surface area contributed by atoms with Gasteiger partial charge in [0.2, 0.25) is 5.91 Å². The molecule has 0 bridgehead atoms. The summed E-state index contributed by atoms with van der Waals surface area (Å²) in [5.41, 5.74) is 1.16. The van der Waals surface area contributed by atoms with Crippen LogP contribution in [-0.2, 0) is 16.0 Å². The highest BCUT2D eigenvalue weighted by atomic mass is 16.5. The summed E-state index contributed by atoms with van der Waals surface area (Å²) in [5, 5.41) is 3.13. The Bertz CT molecular complexity index is 510. The summed E-state index contributed by atoms with van der Waals surface area (Å²) < 4.78 is 10.6. The number of nitrogens with zero attached hydrogens (tertiary/aromatic N) is 1. The molecule has 140 valence electrons. The highest BCUT2D eigenvalue weighted by Gasteiger charge is 2.22. The molecule has 1 aromatic rings. The van der Waals surface area contributed by atoms with Gasteiger partial charge >= 0.3 is 0 Å². The molecule has 0 radical (unpaired) electrons. The number of aryl methyl sites for hydroxylation is 1. The first kappa shape index (κ1) is 19.7. The molecule has 0 aromatic heterocycles. The molecule has 5 heteroatoms. The number of hydrogen-bond acceptors (Lipinski definition) is 4. The van der Waals surface area contributed by atoms with E-state index in [-0.39, 0.29) is 5.91 Å². The summed E-state index contributed by atoms with van der Waals surface area (Å²) in [6, 6.07) is 8.30. The normalized spacial score (nSPS) is 16.6. The van der Waals surface area contributed by atoms with Crippen LogP contribution in [0.1, 0.15) is 32.3 Å². The molecule has 1 saturated heterocycles. The van der Waals surface area contributed by atoms with Crippen LogP contribution in [0.15, 0.2) is 24.3 Å². The third kappa shape index (κ3) is 7.04. The highest BCUT2D eigenvalue weighted by molar-refractivity contribution is 5.76. The van der Waals surface area contributed by atoms with Crippen molar-refractivity contribution in [3.63, 3.8) is 0 Å². The van der Waals surface area contributed by atoms with Crippen LogP contribution in [0.5, 0.6) is 5.75 Å². The van der Waals surface area contributed by atoms with Gasteiger partial charge in [0.05, 0.1) is 20.3 Å². The molecule has 1 unspecified atom stereocenters. The minimum atomic E-state index is 0.123. The molecule has 0 aliphatic carbocycles. The van der Waals surface area contributed by atoms with Crippen molar-refractivity contribution >= 4 is 5.91 Å². The first-order valence-electron chi connectivity index (χ1n) is 9.30. The molecule has 1 aromatic carbocycles. The van der Waals surface area contributed by atoms with Crippen molar-refractivity contribution in [2.45, 2.75) is 39.2 Å². The Morgan fingerprint density at radius 2 is 1.92 bits per heavy atom. The highest BCUT2D eigenvalue weighted by Crippen LogP contribution is 2.14. The Labute approximate surface area is 151 Å². The average molecular weight is 348 g/mol. The van der Waals surface area contributed by atoms with Gasteiger partial charge < -0.3 is 14.8 Å². The van der Waals surface area contributed by atoms with Gasteiger partial charge in [-0.15, -0.1) is 0 Å². The number of carbonyl (C=O) groups is 1. The zero-order chi connectivity index (χ0) is 18.1. The van der Waals surface area contributed by atoms with Crippen LogP contribution in [0.2, 0.25) is 0 Å². The summed E-state index contributed by atoms with van der Waals surface area (Å²) in [6.45, 7) is 8.69. The maximum Gasteiger partial charge on any atom is 0.220 e. The number of rotatable bonds is 9. The standard InChI is InChI=1S/C20H32N2O3/c1-16(2)14-18(22-10-12-25-13-11-22)15-21-20(23)9-6-17-4-7-19(24-3)8-5-17/h4-5,7-8,16,18H,6,9-15H2,1-3H3,(H,21,23). The Morgan fingerprint density at radius 1 is 1.24 bits per heavy atom. The van der Waals surface area contributed by atoms with Gasteiger partial charge in [-0.1, -0.05) is 26.0 Å². The van der Waals surface area contributed by atoms with E-state index in [1.54, 1.807) is 7.11 Å². The largest absolute Gasteiger partial charge is 0.497 e. The van der Waals surface area contributed by atoms with E-state index < -0.39 is 0 Å². The molecule has 0 saturated carbocycles. The lowest BCUT2D eigenvalue weighted by Crippen LogP contribution is -2.49. The zero-order valence-electron chi connectivity index (χ0n) is 15.8. The lowest BCUT2D eigenvalue weighted by molar-refractivity contribution is -0.121. The van der Waals surface area contributed by atoms with E-state index in [4.69, 9.17) is 9.47 Å². The van der Waals surface area contributed by atoms with Crippen molar-refractivity contribution in [2.75, 3.05) is 40.0 Å². The molecule has 0 spiro atoms. The monoisotopic (exact) mass is 348 g/mol. The summed E-state index contributed by atoms with van der Waals surface area (Å²) in [4.78, 5) is 14.7. The fourth-order valence-corrected chi connectivity index (χ4v) is 3.22. The Balaban J connectivity index is 1.76. The van der Waals surface area contributed by atoms with Crippen LogP contribution in [0, 0.1) is 5.92 Å². The third-order valence-electron chi connectivity index (χ3n) is 4.64. The fourth-order valence-electron chi connectivity index (χ4n) is 3.22. The Morgan fingerprint density at radius 3 is 2.52 bits per heavy atom. The Kier molecular flexibility index (Phi) is 8.22. The van der Waals surface area contributed by atoms with Gasteiger partial charge in [-0.2, -0.15) is 0 Å². The van der Waals surface area contributed by atoms with Gasteiger partial charge in [-0.25, -0.2) is 0 Å². The predicted octanol–water partition coefficient (Wildman–Crippen LogP) is 2.49. The number of hydrogen-bond donors (Lipinski definition) is 1. The average Bonchev–Trinajstić information content (AvgIpc) is 2.64. The van der Waals surface area contributed by atoms with Crippen molar-refractivity contribution in [1.29, 1.82) is 0 Å². The van der Waals surface area contributed by atoms with Crippen LogP contribution in [0.4, 0.5) is 0 Å². The molecular weight excluding hydrogens is 316 g/mol. The van der Waals surface area contributed by atoms with Crippen LogP contribution in [0.25, 0.3) is 0 Å². The zero-order valence-corrected chi connectivity index (χ0v) is 15.8. The van der Waals surface area contributed by atoms with E-state index in [0.29, 0.717) is 18.4 Å². The van der Waals surface area contributed by atoms with Crippen molar-refractivity contribution in [3.05, 3.63) is 29.8 Å². The summed E-state index contributed by atoms with van der Waals surface area (Å²) in [5.74, 6) is 1.58. The molecular formula is C20H32N2O3. The van der Waals surface area contributed by atoms with E-state index in [1.165, 1.54) is 0 Å². The number of amides is 1. The molecule has 25 heavy (non-hydrogen) atoms. The lowest BCUT2D eigenvalue weighted by atomic mass is 10.0. The van der Waals surface area contributed by atoms with Gasteiger partial charge in [-0.05, 0) is 36.5 Å². The van der Waals surface area contributed by atoms with Crippen molar-refractivity contribution < 1.29 is 14.3 Å². The second-order valence-electron chi connectivity index (χ2n) is 7.08. The Hall–Kier alpha value is -1.59. The molecule has 1 amide bonds. The second kappa shape index (κ2) is 10.4. The second-order valence-corrected chi connectivity index (χ2v) is 7.08. The number of morpholine rings is 1. The van der Waals surface area contributed by atoms with Gasteiger partial charge in [0.25, 0.3) is 0 Å². The van der Waals surface area contributed by atoms with Crippen LogP contribution in [0.3, 0.4) is 0 Å². The molecule has 1 aliphatic rings. The minimum Gasteiger partial charge on any atom is -0.497 e. The van der Waals surface area contributed by atoms with E-state index in [0.717, 1.165) is 57.0 Å². The van der Waals surface area contributed by atoms with Gasteiger partial charge in [0.1, 0.15) is 5.75 Å². The maximum atomic E-state index is 12.2. The number of methoxy groups -OCH3 is 1. The minimum absolute atomic E-state index is 0.123. The van der Waals surface area contributed by atoms with Crippen LogP contribution in [-0.4, -0.2) is 56.8 Å². The van der Waals surface area contributed by atoms with Crippen molar-refractivity contribution in [1.82, 2.24) is 10.2 Å². The van der Waals surface area contributed by atoms with Crippen molar-refractivity contribution in [2.24, 2.45) is 5.92 Å². The van der Waals surface area contributed by atoms with E-state index in [1.807, 2.05) is 24.3 Å². The van der Waals surface area contributed by atoms with Crippen molar-refractivity contribution in [3.8, 4) is 5.75 Å².